The molecule has 0 saturated heterocycles. The normalized spacial score (nSPS) is 12.6. The standard InChI is InChI=1S/C79H153NO5/c1-3-5-7-9-11-13-15-17-19-21-36-41-45-49-53-57-61-65-69-73-79(84)85-74-70-66-62-58-54-50-46-42-38-35-33-31-29-27-25-23-24-26-28-30-32-34-37-40-44-48-52-56-60-64-68-72-78(83)80-76(75-81)77(82)71-67-63-59-55-51-47-43-39-22-20-18-16-14-12-10-8-6-4-2/h17,19,25,27,76-77,81-82H,3-16,18,20-24,26,28-75H2,1-2H3,(H,80,83)/b19-17-,27-25-. The molecule has 2 atom stereocenters. The van der Waals surface area contributed by atoms with Crippen molar-refractivity contribution in [2.75, 3.05) is 13.2 Å². The van der Waals surface area contributed by atoms with Gasteiger partial charge >= 0.3 is 5.97 Å². The molecule has 0 aliphatic heterocycles. The summed E-state index contributed by atoms with van der Waals surface area (Å²) in [6.07, 6.45) is 95.5. The summed E-state index contributed by atoms with van der Waals surface area (Å²) in [6, 6.07) is -0.540. The van der Waals surface area contributed by atoms with Gasteiger partial charge in [0, 0.05) is 12.8 Å². The predicted octanol–water partition coefficient (Wildman–Crippen LogP) is 25.7. The molecule has 0 radical (unpaired) electrons. The Morgan fingerprint density at radius 3 is 0.835 bits per heavy atom. The summed E-state index contributed by atoms with van der Waals surface area (Å²) in [5.74, 6) is -0.0101. The number of ether oxygens (including phenoxy) is 1. The number of aliphatic hydroxyl groups is 2. The van der Waals surface area contributed by atoms with E-state index in [9.17, 15) is 19.8 Å². The molecule has 1 amide bonds. The number of hydrogen-bond donors (Lipinski definition) is 3. The number of esters is 1. The molecule has 0 rings (SSSR count). The number of hydrogen-bond acceptors (Lipinski definition) is 5. The molecule has 0 aliphatic carbocycles. The smallest absolute Gasteiger partial charge is 0.305 e. The monoisotopic (exact) mass is 1200 g/mol. The number of amides is 1. The average molecular weight is 1200 g/mol. The third-order valence-electron chi connectivity index (χ3n) is 18.5. The Bertz CT molecular complexity index is 1330. The SMILES string of the molecule is CCCCCCCC/C=C\CCCCCCCCCCCC(=O)OCCCCCCCCCCCCCC/C=C\CCCCCCCCCCCCCCCCCC(=O)NC(CO)C(O)CCCCCCCCCCCCCCCCCCCC. The highest BCUT2D eigenvalue weighted by Gasteiger charge is 2.20. The van der Waals surface area contributed by atoms with E-state index in [0.717, 1.165) is 38.5 Å². The minimum absolute atomic E-state index is 0.0183. The van der Waals surface area contributed by atoms with Crippen LogP contribution in [0.1, 0.15) is 444 Å². The van der Waals surface area contributed by atoms with E-state index in [1.807, 2.05) is 0 Å². The summed E-state index contributed by atoms with van der Waals surface area (Å²) in [6.45, 7) is 5.00. The van der Waals surface area contributed by atoms with Crippen molar-refractivity contribution in [3.05, 3.63) is 24.3 Å². The van der Waals surface area contributed by atoms with Gasteiger partial charge in [-0.3, -0.25) is 9.59 Å². The molecule has 0 aliphatic rings. The van der Waals surface area contributed by atoms with Crippen molar-refractivity contribution in [2.24, 2.45) is 0 Å². The molecule has 0 aromatic rings. The molecular weight excluding hydrogens is 1040 g/mol. The molecule has 0 aromatic carbocycles. The largest absolute Gasteiger partial charge is 0.466 e. The van der Waals surface area contributed by atoms with Crippen LogP contribution in [0.4, 0.5) is 0 Å². The van der Waals surface area contributed by atoms with Crippen molar-refractivity contribution in [1.82, 2.24) is 5.32 Å². The van der Waals surface area contributed by atoms with Crippen molar-refractivity contribution in [3.63, 3.8) is 0 Å². The summed E-state index contributed by atoms with van der Waals surface area (Å²) in [4.78, 5) is 24.7. The van der Waals surface area contributed by atoms with Crippen molar-refractivity contribution < 1.29 is 24.5 Å². The molecule has 0 bridgehead atoms. The fourth-order valence-corrected chi connectivity index (χ4v) is 12.5. The van der Waals surface area contributed by atoms with Gasteiger partial charge in [-0.25, -0.2) is 0 Å². The first-order chi connectivity index (χ1) is 42.0. The van der Waals surface area contributed by atoms with Crippen LogP contribution in [-0.4, -0.2) is 47.4 Å². The molecule has 0 aromatic heterocycles. The van der Waals surface area contributed by atoms with Gasteiger partial charge < -0.3 is 20.3 Å². The Morgan fingerprint density at radius 1 is 0.318 bits per heavy atom. The molecule has 6 heteroatoms. The second-order valence-corrected chi connectivity index (χ2v) is 27.0. The molecule has 6 nitrogen and oxygen atoms in total. The van der Waals surface area contributed by atoms with Gasteiger partial charge in [0.1, 0.15) is 0 Å². The Morgan fingerprint density at radius 2 is 0.553 bits per heavy atom. The Balaban J connectivity index is 3.34. The van der Waals surface area contributed by atoms with E-state index in [-0.39, 0.29) is 18.5 Å². The number of nitrogens with one attached hydrogen (secondary N) is 1. The highest BCUT2D eigenvalue weighted by atomic mass is 16.5. The molecule has 0 spiro atoms. The second-order valence-electron chi connectivity index (χ2n) is 27.0. The number of rotatable bonds is 74. The first-order valence-corrected chi connectivity index (χ1v) is 39.1. The van der Waals surface area contributed by atoms with Crippen LogP contribution in [0.5, 0.6) is 0 Å². The van der Waals surface area contributed by atoms with Crippen molar-refractivity contribution in [3.8, 4) is 0 Å². The van der Waals surface area contributed by atoms with E-state index in [4.69, 9.17) is 4.74 Å². The Hall–Kier alpha value is -1.66. The van der Waals surface area contributed by atoms with Gasteiger partial charge in [-0.2, -0.15) is 0 Å². The molecular formula is C79H153NO5. The molecule has 0 heterocycles. The first kappa shape index (κ1) is 83.3. The van der Waals surface area contributed by atoms with E-state index >= 15 is 0 Å². The topological polar surface area (TPSA) is 95.9 Å². The molecule has 85 heavy (non-hydrogen) atoms. The van der Waals surface area contributed by atoms with Gasteiger partial charge in [0.25, 0.3) is 0 Å². The van der Waals surface area contributed by atoms with Crippen LogP contribution in [0.2, 0.25) is 0 Å². The zero-order valence-corrected chi connectivity index (χ0v) is 57.9. The molecule has 504 valence electrons. The highest BCUT2D eigenvalue weighted by molar-refractivity contribution is 5.76. The van der Waals surface area contributed by atoms with Crippen LogP contribution in [0, 0.1) is 0 Å². The van der Waals surface area contributed by atoms with Crippen LogP contribution in [0.3, 0.4) is 0 Å². The predicted molar refractivity (Wildman–Crippen MR) is 375 cm³/mol. The van der Waals surface area contributed by atoms with Crippen LogP contribution in [-0.2, 0) is 14.3 Å². The minimum Gasteiger partial charge on any atom is -0.466 e. The Kier molecular flexibility index (Phi) is 73.3. The van der Waals surface area contributed by atoms with Gasteiger partial charge in [-0.05, 0) is 77.0 Å². The number of carbonyl (C=O) groups excluding carboxylic acids is 2. The van der Waals surface area contributed by atoms with Gasteiger partial charge in [0.2, 0.25) is 5.91 Å². The van der Waals surface area contributed by atoms with E-state index in [0.29, 0.717) is 25.9 Å². The fourth-order valence-electron chi connectivity index (χ4n) is 12.5. The number of carbonyl (C=O) groups is 2. The number of aliphatic hydroxyl groups excluding tert-OH is 2. The molecule has 3 N–H and O–H groups in total. The molecule has 0 saturated carbocycles. The minimum atomic E-state index is -0.663. The van der Waals surface area contributed by atoms with Crippen molar-refractivity contribution in [1.29, 1.82) is 0 Å². The summed E-state index contributed by atoms with van der Waals surface area (Å²) in [5.41, 5.74) is 0. The molecule has 0 fully saturated rings. The third-order valence-corrected chi connectivity index (χ3v) is 18.5. The lowest BCUT2D eigenvalue weighted by Crippen LogP contribution is -2.45. The van der Waals surface area contributed by atoms with Crippen molar-refractivity contribution in [2.45, 2.75) is 456 Å². The lowest BCUT2D eigenvalue weighted by Gasteiger charge is -2.22. The van der Waals surface area contributed by atoms with Gasteiger partial charge in [-0.1, -0.05) is 378 Å². The zero-order valence-electron chi connectivity index (χ0n) is 57.9. The van der Waals surface area contributed by atoms with E-state index in [1.165, 1.54) is 372 Å². The summed E-state index contributed by atoms with van der Waals surface area (Å²) in [5, 5.41) is 23.4. The summed E-state index contributed by atoms with van der Waals surface area (Å²) >= 11 is 0. The highest BCUT2D eigenvalue weighted by Crippen LogP contribution is 2.20. The number of unbranched alkanes of at least 4 members (excludes halogenated alkanes) is 59. The first-order valence-electron chi connectivity index (χ1n) is 39.1. The summed E-state index contributed by atoms with van der Waals surface area (Å²) < 4.78 is 5.52. The van der Waals surface area contributed by atoms with Crippen LogP contribution in [0.15, 0.2) is 24.3 Å². The quantitative estimate of drug-likeness (QED) is 0.0320. The second kappa shape index (κ2) is 74.8. The lowest BCUT2D eigenvalue weighted by atomic mass is 10.0. The van der Waals surface area contributed by atoms with Gasteiger partial charge in [0.05, 0.1) is 25.4 Å². The van der Waals surface area contributed by atoms with Gasteiger partial charge in [-0.15, -0.1) is 0 Å². The maximum atomic E-state index is 12.5. The van der Waals surface area contributed by atoms with Gasteiger partial charge in [0.15, 0.2) is 0 Å². The zero-order chi connectivity index (χ0) is 61.3. The lowest BCUT2D eigenvalue weighted by molar-refractivity contribution is -0.143. The maximum Gasteiger partial charge on any atom is 0.305 e. The average Bonchev–Trinajstić information content (AvgIpc) is 3.51. The van der Waals surface area contributed by atoms with E-state index < -0.39 is 12.1 Å². The van der Waals surface area contributed by atoms with Crippen LogP contribution >= 0.6 is 0 Å². The van der Waals surface area contributed by atoms with E-state index in [2.05, 4.69) is 43.5 Å². The Labute approximate surface area is 532 Å². The van der Waals surface area contributed by atoms with E-state index in [1.54, 1.807) is 0 Å². The maximum absolute atomic E-state index is 12.5. The summed E-state index contributed by atoms with van der Waals surface area (Å²) in [7, 11) is 0. The molecule has 2 unspecified atom stereocenters. The van der Waals surface area contributed by atoms with Crippen LogP contribution in [0.25, 0.3) is 0 Å². The van der Waals surface area contributed by atoms with Crippen LogP contribution < -0.4 is 5.32 Å². The number of allylic oxidation sites excluding steroid dienone is 4. The third kappa shape index (κ3) is 71.3. The fraction of sp³-hybridized carbons (Fsp3) is 0.924. The van der Waals surface area contributed by atoms with Crippen molar-refractivity contribution >= 4 is 11.9 Å².